The summed E-state index contributed by atoms with van der Waals surface area (Å²) in [6.45, 7) is 0. The molecule has 1 aliphatic rings. The first-order valence-electron chi connectivity index (χ1n) is 7.01. The van der Waals surface area contributed by atoms with Gasteiger partial charge in [0.15, 0.2) is 0 Å². The first-order valence-corrected chi connectivity index (χ1v) is 7.01. The maximum atomic E-state index is 4.41. The zero-order chi connectivity index (χ0) is 13.8. The van der Waals surface area contributed by atoms with Crippen LogP contribution in [0.15, 0.2) is 12.4 Å². The first kappa shape index (κ1) is 14.1. The molecule has 0 aliphatic heterocycles. The normalized spacial score (nSPS) is 23.2. The summed E-state index contributed by atoms with van der Waals surface area (Å²) in [6.07, 6.45) is 6.60. The molecule has 5 nitrogen and oxygen atoms in total. The molecule has 19 heavy (non-hydrogen) atoms. The van der Waals surface area contributed by atoms with Crippen LogP contribution in [0.2, 0.25) is 0 Å². The van der Waals surface area contributed by atoms with E-state index in [1.165, 1.54) is 25.7 Å². The van der Waals surface area contributed by atoms with E-state index in [1.54, 1.807) is 6.33 Å². The van der Waals surface area contributed by atoms with Gasteiger partial charge in [0.05, 0.1) is 0 Å². The molecule has 1 N–H and O–H groups in total. The quantitative estimate of drug-likeness (QED) is 0.892. The smallest absolute Gasteiger partial charge is 0.134 e. The van der Waals surface area contributed by atoms with Crippen molar-refractivity contribution in [2.45, 2.75) is 37.8 Å². The Kier molecular flexibility index (Phi) is 4.58. The van der Waals surface area contributed by atoms with Gasteiger partial charge in [-0.25, -0.2) is 9.97 Å². The number of hydrogen-bond donors (Lipinski definition) is 1. The van der Waals surface area contributed by atoms with E-state index < -0.39 is 0 Å². The maximum Gasteiger partial charge on any atom is 0.134 e. The summed E-state index contributed by atoms with van der Waals surface area (Å²) in [4.78, 5) is 13.0. The van der Waals surface area contributed by atoms with Gasteiger partial charge in [0.2, 0.25) is 0 Å². The van der Waals surface area contributed by atoms with Crippen molar-refractivity contribution in [2.24, 2.45) is 0 Å². The van der Waals surface area contributed by atoms with Crippen molar-refractivity contribution in [1.82, 2.24) is 15.3 Å². The molecule has 0 saturated heterocycles. The Balaban J connectivity index is 2.03. The third kappa shape index (κ3) is 3.35. The van der Waals surface area contributed by atoms with Gasteiger partial charge in [0.1, 0.15) is 18.0 Å². The van der Waals surface area contributed by atoms with Gasteiger partial charge >= 0.3 is 0 Å². The highest BCUT2D eigenvalue weighted by Gasteiger charge is 2.24. The summed E-state index contributed by atoms with van der Waals surface area (Å²) >= 11 is 0. The van der Waals surface area contributed by atoms with Crippen molar-refractivity contribution in [1.29, 1.82) is 0 Å². The van der Waals surface area contributed by atoms with Crippen molar-refractivity contribution >= 4 is 11.6 Å². The predicted octanol–water partition coefficient (Wildman–Crippen LogP) is 1.51. The maximum absolute atomic E-state index is 4.41. The first-order chi connectivity index (χ1) is 9.11. The van der Waals surface area contributed by atoms with Crippen molar-refractivity contribution in [2.75, 3.05) is 38.0 Å². The van der Waals surface area contributed by atoms with Crippen LogP contribution < -0.4 is 15.1 Å². The average molecular weight is 263 g/mol. The fourth-order valence-corrected chi connectivity index (χ4v) is 2.71. The molecule has 1 saturated carbocycles. The third-order valence-electron chi connectivity index (χ3n) is 4.11. The molecule has 0 unspecified atom stereocenters. The van der Waals surface area contributed by atoms with E-state index in [0.29, 0.717) is 12.1 Å². The standard InChI is InChI=1S/C14H25N5/c1-15-11-5-7-12(8-6-11)19(4)14-9-13(18(2)3)16-10-17-14/h9-12,15H,5-8H2,1-4H3. The lowest BCUT2D eigenvalue weighted by atomic mass is 9.90. The molecule has 1 heterocycles. The largest absolute Gasteiger partial charge is 0.363 e. The minimum atomic E-state index is 0.592. The molecule has 5 heteroatoms. The Morgan fingerprint density at radius 1 is 1.05 bits per heavy atom. The molecular formula is C14H25N5. The van der Waals surface area contributed by atoms with Gasteiger partial charge in [-0.2, -0.15) is 0 Å². The van der Waals surface area contributed by atoms with Crippen molar-refractivity contribution in [3.8, 4) is 0 Å². The summed E-state index contributed by atoms with van der Waals surface area (Å²) in [5, 5.41) is 3.38. The minimum absolute atomic E-state index is 0.592. The van der Waals surface area contributed by atoms with Crippen LogP contribution in [0.1, 0.15) is 25.7 Å². The number of hydrogen-bond acceptors (Lipinski definition) is 5. The zero-order valence-corrected chi connectivity index (χ0v) is 12.4. The molecule has 0 radical (unpaired) electrons. The molecule has 106 valence electrons. The summed E-state index contributed by atoms with van der Waals surface area (Å²) in [5.41, 5.74) is 0. The van der Waals surface area contributed by atoms with E-state index in [9.17, 15) is 0 Å². The van der Waals surface area contributed by atoms with Gasteiger partial charge < -0.3 is 15.1 Å². The number of anilines is 2. The highest BCUT2D eigenvalue weighted by Crippen LogP contribution is 2.26. The lowest BCUT2D eigenvalue weighted by molar-refractivity contribution is 0.350. The van der Waals surface area contributed by atoms with E-state index >= 15 is 0 Å². The Labute approximate surface area is 116 Å². The number of nitrogens with one attached hydrogen (secondary N) is 1. The predicted molar refractivity (Wildman–Crippen MR) is 79.9 cm³/mol. The second-order valence-corrected chi connectivity index (χ2v) is 5.53. The van der Waals surface area contributed by atoms with Crippen LogP contribution in [0.3, 0.4) is 0 Å². The summed E-state index contributed by atoms with van der Waals surface area (Å²) in [5.74, 6) is 1.98. The molecule has 1 aromatic rings. The van der Waals surface area contributed by atoms with Crippen molar-refractivity contribution in [3.63, 3.8) is 0 Å². The van der Waals surface area contributed by atoms with Gasteiger partial charge in [0, 0.05) is 39.3 Å². The fourth-order valence-electron chi connectivity index (χ4n) is 2.71. The SMILES string of the molecule is CNC1CCC(N(C)c2cc(N(C)C)ncn2)CC1. The molecule has 0 spiro atoms. The zero-order valence-electron chi connectivity index (χ0n) is 12.4. The molecule has 1 aliphatic carbocycles. The van der Waals surface area contributed by atoms with Gasteiger partial charge in [-0.15, -0.1) is 0 Å². The van der Waals surface area contributed by atoms with Crippen LogP contribution in [0, 0.1) is 0 Å². The van der Waals surface area contributed by atoms with Crippen molar-refractivity contribution < 1.29 is 0 Å². The van der Waals surface area contributed by atoms with Crippen LogP contribution >= 0.6 is 0 Å². The second kappa shape index (κ2) is 6.19. The van der Waals surface area contributed by atoms with Gasteiger partial charge in [-0.3, -0.25) is 0 Å². The molecule has 0 bridgehead atoms. The molecule has 0 aromatic carbocycles. The highest BCUT2D eigenvalue weighted by molar-refractivity contribution is 5.49. The topological polar surface area (TPSA) is 44.3 Å². The molecule has 0 atom stereocenters. The average Bonchev–Trinajstić information content (AvgIpc) is 2.46. The van der Waals surface area contributed by atoms with Crippen LogP contribution in [0.4, 0.5) is 11.6 Å². The summed E-state index contributed by atoms with van der Waals surface area (Å²) in [7, 11) is 8.21. The summed E-state index contributed by atoms with van der Waals surface area (Å²) in [6, 6.07) is 3.34. The number of rotatable bonds is 4. The van der Waals surface area contributed by atoms with Crippen LogP contribution in [-0.2, 0) is 0 Å². The van der Waals surface area contributed by atoms with E-state index in [2.05, 4.69) is 40.3 Å². The Morgan fingerprint density at radius 2 is 1.68 bits per heavy atom. The fraction of sp³-hybridized carbons (Fsp3) is 0.714. The lowest BCUT2D eigenvalue weighted by Gasteiger charge is -2.35. The van der Waals surface area contributed by atoms with Crippen molar-refractivity contribution in [3.05, 3.63) is 12.4 Å². The van der Waals surface area contributed by atoms with Crippen LogP contribution in [0.5, 0.6) is 0 Å². The minimum Gasteiger partial charge on any atom is -0.363 e. The molecule has 0 amide bonds. The molecule has 1 aromatic heterocycles. The second-order valence-electron chi connectivity index (χ2n) is 5.53. The molecule has 1 fully saturated rings. The van der Waals surface area contributed by atoms with Gasteiger partial charge in [-0.05, 0) is 32.7 Å². The number of nitrogens with zero attached hydrogens (tertiary/aromatic N) is 4. The number of aromatic nitrogens is 2. The van der Waals surface area contributed by atoms with E-state index in [0.717, 1.165) is 11.6 Å². The van der Waals surface area contributed by atoms with Crippen LogP contribution in [0.25, 0.3) is 0 Å². The molecule has 2 rings (SSSR count). The lowest BCUT2D eigenvalue weighted by Crippen LogP contribution is -2.40. The van der Waals surface area contributed by atoms with E-state index in [1.807, 2.05) is 19.0 Å². The van der Waals surface area contributed by atoms with Gasteiger partial charge in [0.25, 0.3) is 0 Å². The Bertz CT molecular complexity index is 399. The summed E-state index contributed by atoms with van der Waals surface area (Å²) < 4.78 is 0. The Morgan fingerprint density at radius 3 is 2.26 bits per heavy atom. The van der Waals surface area contributed by atoms with Crippen LogP contribution in [-0.4, -0.2) is 50.2 Å². The third-order valence-corrected chi connectivity index (χ3v) is 4.11. The van der Waals surface area contributed by atoms with E-state index in [-0.39, 0.29) is 0 Å². The van der Waals surface area contributed by atoms with Gasteiger partial charge in [-0.1, -0.05) is 0 Å². The van der Waals surface area contributed by atoms with E-state index in [4.69, 9.17) is 0 Å². The molecular weight excluding hydrogens is 238 g/mol. The monoisotopic (exact) mass is 263 g/mol. The highest BCUT2D eigenvalue weighted by atomic mass is 15.2. The Hall–Kier alpha value is -1.36.